The largest absolute Gasteiger partial charge is 0.507 e. The summed E-state index contributed by atoms with van der Waals surface area (Å²) in [4.78, 5) is 24.0. The molecule has 0 amide bonds. The molecule has 0 saturated carbocycles. The highest BCUT2D eigenvalue weighted by atomic mass is 16.5. The van der Waals surface area contributed by atoms with E-state index in [2.05, 4.69) is 0 Å². The van der Waals surface area contributed by atoms with Crippen molar-refractivity contribution < 1.29 is 29.6 Å². The molecule has 2 rings (SSSR count). The van der Waals surface area contributed by atoms with Crippen molar-refractivity contribution in [1.29, 1.82) is 0 Å². The highest BCUT2D eigenvalue weighted by Gasteiger charge is 2.22. The van der Waals surface area contributed by atoms with Crippen LogP contribution < -0.4 is 0 Å². The van der Waals surface area contributed by atoms with Crippen LogP contribution in [-0.4, -0.2) is 45.4 Å². The third-order valence-corrected chi connectivity index (χ3v) is 3.67. The quantitative estimate of drug-likeness (QED) is 0.623. The molecule has 1 aliphatic rings. The summed E-state index contributed by atoms with van der Waals surface area (Å²) in [7, 11) is 0. The van der Waals surface area contributed by atoms with Gasteiger partial charge in [-0.3, -0.25) is 4.79 Å². The monoisotopic (exact) mass is 332 g/mol. The molecule has 24 heavy (non-hydrogen) atoms. The van der Waals surface area contributed by atoms with E-state index in [4.69, 9.17) is 4.74 Å². The van der Waals surface area contributed by atoms with Crippen LogP contribution >= 0.6 is 0 Å². The summed E-state index contributed by atoms with van der Waals surface area (Å²) < 4.78 is 5.28. The van der Waals surface area contributed by atoms with Gasteiger partial charge in [-0.25, -0.2) is 4.79 Å². The molecule has 1 aliphatic heterocycles. The van der Waals surface area contributed by atoms with Crippen molar-refractivity contribution in [2.24, 2.45) is 0 Å². The number of ether oxygens (including phenoxy) is 1. The number of rotatable bonds is 0. The van der Waals surface area contributed by atoms with Crippen molar-refractivity contribution in [3.05, 3.63) is 47.6 Å². The van der Waals surface area contributed by atoms with Gasteiger partial charge in [0.15, 0.2) is 5.78 Å². The van der Waals surface area contributed by atoms with Crippen LogP contribution in [0.3, 0.4) is 0 Å². The SMILES string of the molecule is CC1C/C=C\C(=O)C(O)[C@@H](O)C/C=C/c2cccc(O)c2C(=O)O1. The summed E-state index contributed by atoms with van der Waals surface area (Å²) in [5.74, 6) is -1.48. The first-order valence-corrected chi connectivity index (χ1v) is 7.66. The zero-order valence-electron chi connectivity index (χ0n) is 13.3. The van der Waals surface area contributed by atoms with E-state index >= 15 is 0 Å². The molecular weight excluding hydrogens is 312 g/mol. The predicted octanol–water partition coefficient (Wildman–Crippen LogP) is 1.59. The van der Waals surface area contributed by atoms with Crippen LogP contribution in [0.15, 0.2) is 36.4 Å². The number of aliphatic hydroxyl groups excluding tert-OH is 2. The van der Waals surface area contributed by atoms with Crippen LogP contribution in [0.1, 0.15) is 35.7 Å². The number of phenols is 1. The van der Waals surface area contributed by atoms with E-state index in [1.165, 1.54) is 30.4 Å². The molecule has 128 valence electrons. The van der Waals surface area contributed by atoms with Crippen LogP contribution in [0, 0.1) is 0 Å². The maximum atomic E-state index is 12.3. The van der Waals surface area contributed by atoms with Gasteiger partial charge in [0.25, 0.3) is 0 Å². The second-order valence-electron chi connectivity index (χ2n) is 5.65. The molecule has 0 fully saturated rings. The fourth-order valence-corrected chi connectivity index (χ4v) is 2.34. The maximum Gasteiger partial charge on any atom is 0.342 e. The fourth-order valence-electron chi connectivity index (χ4n) is 2.34. The number of fused-ring (bicyclic) bond motifs is 1. The second kappa shape index (κ2) is 7.90. The topological polar surface area (TPSA) is 104 Å². The molecule has 3 N–H and O–H groups in total. The Morgan fingerprint density at radius 1 is 1.08 bits per heavy atom. The molecule has 3 atom stereocenters. The Hall–Kier alpha value is -2.44. The van der Waals surface area contributed by atoms with Gasteiger partial charge < -0.3 is 20.1 Å². The van der Waals surface area contributed by atoms with Gasteiger partial charge in [0.05, 0.1) is 6.10 Å². The number of phenolic OH excluding ortho intramolecular Hbond substituents is 1. The molecule has 1 aromatic carbocycles. The third kappa shape index (κ3) is 4.31. The lowest BCUT2D eigenvalue weighted by Gasteiger charge is -2.16. The van der Waals surface area contributed by atoms with Crippen LogP contribution in [0.5, 0.6) is 5.75 Å². The molecule has 1 aromatic rings. The summed E-state index contributed by atoms with van der Waals surface area (Å²) in [6.07, 6.45) is 2.67. The Morgan fingerprint density at radius 3 is 2.54 bits per heavy atom. The van der Waals surface area contributed by atoms with Gasteiger partial charge in [0.1, 0.15) is 23.5 Å². The first-order chi connectivity index (χ1) is 11.4. The number of carbonyl (C=O) groups is 2. The van der Waals surface area contributed by atoms with E-state index in [0.29, 0.717) is 5.56 Å². The highest BCUT2D eigenvalue weighted by Crippen LogP contribution is 2.24. The average Bonchev–Trinajstić information content (AvgIpc) is 2.52. The average molecular weight is 332 g/mol. The minimum absolute atomic E-state index is 0.0152. The Balaban J connectivity index is 2.38. The number of hydrogen-bond donors (Lipinski definition) is 3. The zero-order chi connectivity index (χ0) is 17.7. The van der Waals surface area contributed by atoms with E-state index in [9.17, 15) is 24.9 Å². The first-order valence-electron chi connectivity index (χ1n) is 7.66. The summed E-state index contributed by atoms with van der Waals surface area (Å²) in [6.45, 7) is 1.65. The minimum Gasteiger partial charge on any atom is -0.507 e. The van der Waals surface area contributed by atoms with Gasteiger partial charge in [0.2, 0.25) is 0 Å². The molecule has 0 aliphatic carbocycles. The summed E-state index contributed by atoms with van der Waals surface area (Å²) >= 11 is 0. The second-order valence-corrected chi connectivity index (χ2v) is 5.65. The van der Waals surface area contributed by atoms with Crippen LogP contribution in [-0.2, 0) is 9.53 Å². The van der Waals surface area contributed by atoms with E-state index in [1.54, 1.807) is 19.1 Å². The van der Waals surface area contributed by atoms with Gasteiger partial charge >= 0.3 is 5.97 Å². The summed E-state index contributed by atoms with van der Waals surface area (Å²) in [5, 5.41) is 29.6. The van der Waals surface area contributed by atoms with Crippen molar-refractivity contribution in [3.63, 3.8) is 0 Å². The summed E-state index contributed by atoms with van der Waals surface area (Å²) in [6, 6.07) is 4.59. The lowest BCUT2D eigenvalue weighted by Crippen LogP contribution is -2.32. The fraction of sp³-hybridized carbons (Fsp3) is 0.333. The molecule has 6 nitrogen and oxygen atoms in total. The van der Waals surface area contributed by atoms with E-state index < -0.39 is 30.1 Å². The number of benzene rings is 1. The van der Waals surface area contributed by atoms with Crippen molar-refractivity contribution >= 4 is 17.8 Å². The normalized spacial score (nSPS) is 28.4. The number of carbonyl (C=O) groups excluding carboxylic acids is 2. The van der Waals surface area contributed by atoms with Gasteiger partial charge in [0, 0.05) is 6.42 Å². The smallest absolute Gasteiger partial charge is 0.342 e. The molecule has 0 bridgehead atoms. The Morgan fingerprint density at radius 2 is 1.79 bits per heavy atom. The number of cyclic esters (lactones) is 1. The molecule has 0 saturated heterocycles. The van der Waals surface area contributed by atoms with Gasteiger partial charge in [-0.15, -0.1) is 0 Å². The molecule has 2 unspecified atom stereocenters. The predicted molar refractivity (Wildman–Crippen MR) is 87.4 cm³/mol. The number of hydrogen-bond acceptors (Lipinski definition) is 6. The van der Waals surface area contributed by atoms with Gasteiger partial charge in [-0.05, 0) is 31.1 Å². The van der Waals surface area contributed by atoms with Crippen molar-refractivity contribution in [2.75, 3.05) is 0 Å². The maximum absolute atomic E-state index is 12.3. The Labute approximate surface area is 139 Å². The molecule has 6 heteroatoms. The number of ketones is 1. The van der Waals surface area contributed by atoms with E-state index in [1.807, 2.05) is 0 Å². The third-order valence-electron chi connectivity index (χ3n) is 3.67. The lowest BCUT2D eigenvalue weighted by atomic mass is 10.0. The minimum atomic E-state index is -1.52. The molecule has 0 radical (unpaired) electrons. The van der Waals surface area contributed by atoms with Gasteiger partial charge in [-0.1, -0.05) is 30.4 Å². The standard InChI is InChI=1S/C18H20O6/c1-11-5-2-9-14(20)17(22)15(21)10-4-7-12-6-3-8-13(19)16(12)18(23)24-11/h2-4,6-9,11,15,17,19,21-22H,5,10H2,1H3/b7-4+,9-2-/t11?,15-,17?/m0/s1. The van der Waals surface area contributed by atoms with Crippen molar-refractivity contribution in [3.8, 4) is 5.75 Å². The van der Waals surface area contributed by atoms with Crippen LogP contribution in [0.25, 0.3) is 6.08 Å². The van der Waals surface area contributed by atoms with Gasteiger partial charge in [-0.2, -0.15) is 0 Å². The lowest BCUT2D eigenvalue weighted by molar-refractivity contribution is -0.127. The molecule has 0 aromatic heterocycles. The summed E-state index contributed by atoms with van der Waals surface area (Å²) in [5.41, 5.74) is 0.459. The van der Waals surface area contributed by atoms with Crippen LogP contribution in [0.4, 0.5) is 0 Å². The van der Waals surface area contributed by atoms with Crippen LogP contribution in [0.2, 0.25) is 0 Å². The number of esters is 1. The highest BCUT2D eigenvalue weighted by molar-refractivity contribution is 5.96. The van der Waals surface area contributed by atoms with E-state index in [-0.39, 0.29) is 24.2 Å². The number of aliphatic hydroxyl groups is 2. The zero-order valence-corrected chi connectivity index (χ0v) is 13.3. The molecule has 0 spiro atoms. The molecular formula is C18H20O6. The van der Waals surface area contributed by atoms with Crippen molar-refractivity contribution in [1.82, 2.24) is 0 Å². The number of aromatic hydroxyl groups is 1. The van der Waals surface area contributed by atoms with E-state index in [0.717, 1.165) is 0 Å². The van der Waals surface area contributed by atoms with Crippen molar-refractivity contribution in [2.45, 2.75) is 38.1 Å². The Bertz CT molecular complexity index is 676. The first kappa shape index (κ1) is 17.9. The molecule has 1 heterocycles. The Kier molecular flexibility index (Phi) is 5.89.